The van der Waals surface area contributed by atoms with Crippen LogP contribution in [0.1, 0.15) is 21.5 Å². The molecule has 1 N–H and O–H groups in total. The zero-order chi connectivity index (χ0) is 21.0. The Kier molecular flexibility index (Phi) is 6.23. The van der Waals surface area contributed by atoms with Crippen LogP contribution >= 0.6 is 0 Å². The molecule has 0 atom stereocenters. The van der Waals surface area contributed by atoms with Crippen molar-refractivity contribution in [2.75, 3.05) is 38.0 Å². The molecule has 1 aliphatic rings. The SMILES string of the molecule is Cc1cccc(NC(=O)CN2CCN(C(=O)c3ccc([N+](=O)[O-])cc3)CC2)c1C. The quantitative estimate of drug-likeness (QED) is 0.619. The van der Waals surface area contributed by atoms with Crippen molar-refractivity contribution in [1.82, 2.24) is 9.80 Å². The fourth-order valence-electron chi connectivity index (χ4n) is 3.30. The van der Waals surface area contributed by atoms with E-state index in [1.165, 1.54) is 24.3 Å². The summed E-state index contributed by atoms with van der Waals surface area (Å²) in [5, 5.41) is 13.7. The van der Waals surface area contributed by atoms with Crippen molar-refractivity contribution in [2.45, 2.75) is 13.8 Å². The first-order valence-corrected chi connectivity index (χ1v) is 9.47. The molecule has 0 aromatic heterocycles. The molecule has 0 spiro atoms. The fourth-order valence-corrected chi connectivity index (χ4v) is 3.30. The van der Waals surface area contributed by atoms with Crippen molar-refractivity contribution in [1.29, 1.82) is 0 Å². The standard InChI is InChI=1S/C21H24N4O4/c1-15-4-3-5-19(16(15)2)22-20(26)14-23-10-12-24(13-11-23)21(27)17-6-8-18(9-7-17)25(28)29/h3-9H,10-14H2,1-2H3,(H,22,26). The molecule has 0 unspecified atom stereocenters. The molecule has 1 aliphatic heterocycles. The molecule has 0 radical (unpaired) electrons. The van der Waals surface area contributed by atoms with E-state index in [9.17, 15) is 19.7 Å². The van der Waals surface area contributed by atoms with Gasteiger partial charge in [0.05, 0.1) is 11.5 Å². The van der Waals surface area contributed by atoms with Gasteiger partial charge < -0.3 is 10.2 Å². The van der Waals surface area contributed by atoms with Crippen LogP contribution in [-0.2, 0) is 4.79 Å². The highest BCUT2D eigenvalue weighted by Crippen LogP contribution is 2.18. The summed E-state index contributed by atoms with van der Waals surface area (Å²) in [6.45, 7) is 6.46. The van der Waals surface area contributed by atoms with Gasteiger partial charge in [0.2, 0.25) is 5.91 Å². The number of anilines is 1. The van der Waals surface area contributed by atoms with Gasteiger partial charge >= 0.3 is 0 Å². The number of nitro groups is 1. The first kappa shape index (κ1) is 20.5. The summed E-state index contributed by atoms with van der Waals surface area (Å²) in [4.78, 5) is 38.9. The van der Waals surface area contributed by atoms with Crippen molar-refractivity contribution in [3.63, 3.8) is 0 Å². The first-order chi connectivity index (χ1) is 13.8. The molecule has 3 rings (SSSR count). The number of benzene rings is 2. The van der Waals surface area contributed by atoms with Crippen LogP contribution in [-0.4, -0.2) is 59.3 Å². The van der Waals surface area contributed by atoms with Gasteiger partial charge in [0, 0.05) is 49.6 Å². The highest BCUT2D eigenvalue weighted by molar-refractivity contribution is 5.95. The van der Waals surface area contributed by atoms with Gasteiger partial charge in [-0.1, -0.05) is 12.1 Å². The summed E-state index contributed by atoms with van der Waals surface area (Å²) in [5.41, 5.74) is 3.39. The number of carbonyl (C=O) groups is 2. The Labute approximate surface area is 169 Å². The van der Waals surface area contributed by atoms with Gasteiger partial charge in [-0.25, -0.2) is 0 Å². The lowest BCUT2D eigenvalue weighted by Gasteiger charge is -2.34. The Morgan fingerprint density at radius 2 is 1.69 bits per heavy atom. The molecule has 2 aromatic carbocycles. The van der Waals surface area contributed by atoms with Crippen molar-refractivity contribution in [3.8, 4) is 0 Å². The number of nitrogens with one attached hydrogen (secondary N) is 1. The third-order valence-electron chi connectivity index (χ3n) is 5.23. The smallest absolute Gasteiger partial charge is 0.269 e. The van der Waals surface area contributed by atoms with E-state index in [2.05, 4.69) is 5.32 Å². The van der Waals surface area contributed by atoms with E-state index in [0.29, 0.717) is 31.7 Å². The molecule has 2 aromatic rings. The lowest BCUT2D eigenvalue weighted by Crippen LogP contribution is -2.50. The van der Waals surface area contributed by atoms with E-state index in [4.69, 9.17) is 0 Å². The minimum atomic E-state index is -0.490. The van der Waals surface area contributed by atoms with E-state index >= 15 is 0 Å². The zero-order valence-corrected chi connectivity index (χ0v) is 16.6. The number of hydrogen-bond donors (Lipinski definition) is 1. The van der Waals surface area contributed by atoms with E-state index in [1.807, 2.05) is 36.9 Å². The summed E-state index contributed by atoms with van der Waals surface area (Å²) in [7, 11) is 0. The van der Waals surface area contributed by atoms with Crippen LogP contribution in [0.25, 0.3) is 0 Å². The minimum Gasteiger partial charge on any atom is -0.336 e. The fraction of sp³-hybridized carbons (Fsp3) is 0.333. The van der Waals surface area contributed by atoms with Crippen LogP contribution in [0.4, 0.5) is 11.4 Å². The second-order valence-corrected chi connectivity index (χ2v) is 7.17. The van der Waals surface area contributed by atoms with Crippen molar-refractivity contribution in [3.05, 3.63) is 69.3 Å². The number of nitrogens with zero attached hydrogens (tertiary/aromatic N) is 3. The number of carbonyl (C=O) groups excluding carboxylic acids is 2. The Hall–Kier alpha value is -3.26. The van der Waals surface area contributed by atoms with E-state index in [1.54, 1.807) is 4.90 Å². The molecular formula is C21H24N4O4. The maximum Gasteiger partial charge on any atom is 0.269 e. The predicted octanol–water partition coefficient (Wildman–Crippen LogP) is 2.61. The van der Waals surface area contributed by atoms with Crippen molar-refractivity contribution >= 4 is 23.2 Å². The van der Waals surface area contributed by atoms with Crippen LogP contribution in [0.2, 0.25) is 0 Å². The van der Waals surface area contributed by atoms with E-state index < -0.39 is 4.92 Å². The molecular weight excluding hydrogens is 372 g/mol. The summed E-state index contributed by atoms with van der Waals surface area (Å²) in [6, 6.07) is 11.4. The van der Waals surface area contributed by atoms with Crippen LogP contribution in [0.3, 0.4) is 0 Å². The highest BCUT2D eigenvalue weighted by atomic mass is 16.6. The van der Waals surface area contributed by atoms with Gasteiger partial charge in [0.25, 0.3) is 11.6 Å². The molecule has 1 fully saturated rings. The van der Waals surface area contributed by atoms with Crippen LogP contribution in [0, 0.1) is 24.0 Å². The second-order valence-electron chi connectivity index (χ2n) is 7.17. The van der Waals surface area contributed by atoms with Gasteiger partial charge in [0.1, 0.15) is 0 Å². The summed E-state index contributed by atoms with van der Waals surface area (Å²) < 4.78 is 0. The van der Waals surface area contributed by atoms with Crippen molar-refractivity contribution in [2.24, 2.45) is 0 Å². The molecule has 1 heterocycles. The maximum absolute atomic E-state index is 12.6. The lowest BCUT2D eigenvalue weighted by molar-refractivity contribution is -0.384. The summed E-state index contributed by atoms with van der Waals surface area (Å²) >= 11 is 0. The number of hydrogen-bond acceptors (Lipinski definition) is 5. The number of non-ortho nitro benzene ring substituents is 1. The first-order valence-electron chi connectivity index (χ1n) is 9.47. The predicted molar refractivity (Wildman–Crippen MR) is 110 cm³/mol. The molecule has 0 aliphatic carbocycles. The van der Waals surface area contributed by atoms with Gasteiger partial charge in [0.15, 0.2) is 0 Å². The van der Waals surface area contributed by atoms with Gasteiger partial charge in [-0.2, -0.15) is 0 Å². The third kappa shape index (κ3) is 4.97. The molecule has 0 bridgehead atoms. The Morgan fingerprint density at radius 3 is 2.31 bits per heavy atom. The second kappa shape index (κ2) is 8.83. The minimum absolute atomic E-state index is 0.0405. The molecule has 0 saturated carbocycles. The Morgan fingerprint density at radius 1 is 1.03 bits per heavy atom. The number of nitro benzene ring substituents is 1. The number of rotatable bonds is 5. The number of amides is 2. The zero-order valence-electron chi connectivity index (χ0n) is 16.6. The van der Waals surface area contributed by atoms with Gasteiger partial charge in [-0.05, 0) is 43.2 Å². The van der Waals surface area contributed by atoms with E-state index in [-0.39, 0.29) is 24.0 Å². The third-order valence-corrected chi connectivity index (χ3v) is 5.23. The van der Waals surface area contributed by atoms with Crippen LogP contribution in [0.15, 0.2) is 42.5 Å². The number of piperazine rings is 1. The molecule has 8 nitrogen and oxygen atoms in total. The van der Waals surface area contributed by atoms with Crippen LogP contribution in [0.5, 0.6) is 0 Å². The average molecular weight is 396 g/mol. The Balaban J connectivity index is 1.51. The Bertz CT molecular complexity index is 919. The maximum atomic E-state index is 12.6. The lowest BCUT2D eigenvalue weighted by atomic mass is 10.1. The normalized spacial score (nSPS) is 14.5. The van der Waals surface area contributed by atoms with Gasteiger partial charge in [-0.3, -0.25) is 24.6 Å². The monoisotopic (exact) mass is 396 g/mol. The average Bonchev–Trinajstić information content (AvgIpc) is 2.71. The summed E-state index contributed by atoms with van der Waals surface area (Å²) in [6.07, 6.45) is 0. The molecule has 1 saturated heterocycles. The summed E-state index contributed by atoms with van der Waals surface area (Å²) in [5.74, 6) is -0.228. The molecule has 29 heavy (non-hydrogen) atoms. The molecule has 8 heteroatoms. The van der Waals surface area contributed by atoms with Crippen LogP contribution < -0.4 is 5.32 Å². The van der Waals surface area contributed by atoms with Gasteiger partial charge in [-0.15, -0.1) is 0 Å². The largest absolute Gasteiger partial charge is 0.336 e. The highest BCUT2D eigenvalue weighted by Gasteiger charge is 2.23. The number of aryl methyl sites for hydroxylation is 1. The van der Waals surface area contributed by atoms with Crippen molar-refractivity contribution < 1.29 is 14.5 Å². The topological polar surface area (TPSA) is 95.8 Å². The molecule has 152 valence electrons. The molecule has 2 amide bonds. The van der Waals surface area contributed by atoms with E-state index in [0.717, 1.165) is 16.8 Å².